The molecule has 0 spiro atoms. The molecule has 0 saturated heterocycles. The lowest BCUT2D eigenvalue weighted by Gasteiger charge is -2.14. The first-order valence-electron chi connectivity index (χ1n) is 7.58. The third kappa shape index (κ3) is 2.80. The lowest BCUT2D eigenvalue weighted by Crippen LogP contribution is -1.96. The maximum Gasteiger partial charge on any atom is 0.203 e. The molecule has 2 aromatic carbocycles. The summed E-state index contributed by atoms with van der Waals surface area (Å²) >= 11 is 0. The van der Waals surface area contributed by atoms with Gasteiger partial charge in [0.15, 0.2) is 11.5 Å². The van der Waals surface area contributed by atoms with Crippen molar-refractivity contribution in [3.05, 3.63) is 48.2 Å². The van der Waals surface area contributed by atoms with E-state index in [9.17, 15) is 0 Å². The number of hydrogen-bond donors (Lipinski definition) is 1. The Bertz CT molecular complexity index is 813. The topological polar surface area (TPSA) is 56.4 Å². The molecule has 3 rings (SSSR count). The summed E-state index contributed by atoms with van der Waals surface area (Å²) in [6, 6.07) is 12.2. The number of nitrogens with one attached hydrogen (secondary N) is 1. The number of hydrogen-bond acceptors (Lipinski definition) is 4. The molecule has 0 aliphatic rings. The van der Waals surface area contributed by atoms with Crippen molar-refractivity contribution in [3.63, 3.8) is 0 Å². The molecule has 0 aliphatic carbocycles. The van der Waals surface area contributed by atoms with Gasteiger partial charge in [-0.2, -0.15) is 5.10 Å². The molecule has 0 aliphatic heterocycles. The van der Waals surface area contributed by atoms with Gasteiger partial charge in [0.25, 0.3) is 0 Å². The zero-order chi connectivity index (χ0) is 17.1. The van der Waals surface area contributed by atoms with E-state index in [1.807, 2.05) is 18.3 Å². The van der Waals surface area contributed by atoms with Crippen molar-refractivity contribution in [2.45, 2.75) is 6.92 Å². The Morgan fingerprint density at radius 1 is 0.833 bits per heavy atom. The molecule has 5 nitrogen and oxygen atoms in total. The predicted molar refractivity (Wildman–Crippen MR) is 93.9 cm³/mol. The van der Waals surface area contributed by atoms with Gasteiger partial charge in [0.1, 0.15) is 0 Å². The first-order valence-corrected chi connectivity index (χ1v) is 7.58. The van der Waals surface area contributed by atoms with Crippen molar-refractivity contribution in [2.75, 3.05) is 21.3 Å². The highest BCUT2D eigenvalue weighted by atomic mass is 16.5. The molecule has 124 valence electrons. The number of aromatic nitrogens is 2. The molecule has 1 N–H and O–H groups in total. The molecule has 1 heterocycles. The van der Waals surface area contributed by atoms with Gasteiger partial charge in [-0.3, -0.25) is 5.10 Å². The van der Waals surface area contributed by atoms with E-state index in [-0.39, 0.29) is 0 Å². The third-order valence-electron chi connectivity index (χ3n) is 3.96. The summed E-state index contributed by atoms with van der Waals surface area (Å²) in [5.74, 6) is 1.78. The van der Waals surface area contributed by atoms with Crippen LogP contribution in [0, 0.1) is 6.92 Å². The maximum absolute atomic E-state index is 5.44. The van der Waals surface area contributed by atoms with Crippen LogP contribution in [0.2, 0.25) is 0 Å². The van der Waals surface area contributed by atoms with E-state index in [0.29, 0.717) is 17.2 Å². The fourth-order valence-electron chi connectivity index (χ4n) is 2.68. The van der Waals surface area contributed by atoms with E-state index in [1.165, 1.54) is 5.56 Å². The Balaban J connectivity index is 2.14. The number of ether oxygens (including phenoxy) is 3. The SMILES string of the molecule is COc1cc(-c2[nH]ncc2-c2ccc(C)cc2)cc(OC)c1OC. The standard InChI is InChI=1S/C19H20N2O3/c1-12-5-7-13(8-6-12)15-11-20-21-18(15)14-9-16(22-2)19(24-4)17(10-14)23-3/h5-11H,1-4H3,(H,20,21). The van der Waals surface area contributed by atoms with E-state index in [2.05, 4.69) is 41.4 Å². The van der Waals surface area contributed by atoms with E-state index >= 15 is 0 Å². The van der Waals surface area contributed by atoms with Crippen LogP contribution in [0.25, 0.3) is 22.4 Å². The highest BCUT2D eigenvalue weighted by molar-refractivity contribution is 5.82. The van der Waals surface area contributed by atoms with Gasteiger partial charge in [-0.1, -0.05) is 29.8 Å². The van der Waals surface area contributed by atoms with Gasteiger partial charge >= 0.3 is 0 Å². The molecule has 0 radical (unpaired) electrons. The second kappa shape index (κ2) is 6.66. The molecule has 0 unspecified atom stereocenters. The molecule has 0 bridgehead atoms. The molecule has 0 saturated carbocycles. The summed E-state index contributed by atoms with van der Waals surface area (Å²) < 4.78 is 16.3. The third-order valence-corrected chi connectivity index (χ3v) is 3.96. The van der Waals surface area contributed by atoms with Crippen LogP contribution in [-0.4, -0.2) is 31.5 Å². The molecule has 3 aromatic rings. The average molecular weight is 324 g/mol. The van der Waals surface area contributed by atoms with Crippen molar-refractivity contribution in [2.24, 2.45) is 0 Å². The Kier molecular flexibility index (Phi) is 4.42. The minimum Gasteiger partial charge on any atom is -0.493 e. The van der Waals surface area contributed by atoms with Crippen molar-refractivity contribution < 1.29 is 14.2 Å². The Morgan fingerprint density at radius 3 is 2.00 bits per heavy atom. The van der Waals surface area contributed by atoms with Crippen molar-refractivity contribution >= 4 is 0 Å². The fraction of sp³-hybridized carbons (Fsp3) is 0.211. The number of H-pyrrole nitrogens is 1. The Hall–Kier alpha value is -2.95. The molecule has 1 aromatic heterocycles. The zero-order valence-corrected chi connectivity index (χ0v) is 14.2. The van der Waals surface area contributed by atoms with E-state index in [1.54, 1.807) is 21.3 Å². The highest BCUT2D eigenvalue weighted by Gasteiger charge is 2.17. The highest BCUT2D eigenvalue weighted by Crippen LogP contribution is 2.42. The maximum atomic E-state index is 5.44. The lowest BCUT2D eigenvalue weighted by atomic mass is 10.0. The fourth-order valence-corrected chi connectivity index (χ4v) is 2.68. The zero-order valence-electron chi connectivity index (χ0n) is 14.2. The van der Waals surface area contributed by atoms with Crippen molar-refractivity contribution in [1.82, 2.24) is 10.2 Å². The summed E-state index contributed by atoms with van der Waals surface area (Å²) in [5, 5.41) is 7.29. The first-order chi connectivity index (χ1) is 11.7. The molecule has 0 amide bonds. The van der Waals surface area contributed by atoms with Gasteiger partial charge < -0.3 is 14.2 Å². The van der Waals surface area contributed by atoms with Gasteiger partial charge in [0.2, 0.25) is 5.75 Å². The van der Waals surface area contributed by atoms with Gasteiger partial charge in [-0.25, -0.2) is 0 Å². The van der Waals surface area contributed by atoms with Crippen LogP contribution < -0.4 is 14.2 Å². The molecule has 0 atom stereocenters. The van der Waals surface area contributed by atoms with E-state index in [4.69, 9.17) is 14.2 Å². The summed E-state index contributed by atoms with van der Waals surface area (Å²) in [7, 11) is 4.80. The molecular formula is C19H20N2O3. The van der Waals surface area contributed by atoms with Crippen LogP contribution in [0.5, 0.6) is 17.2 Å². The smallest absolute Gasteiger partial charge is 0.203 e. The van der Waals surface area contributed by atoms with Crippen LogP contribution in [0.3, 0.4) is 0 Å². The Labute approximate surface area is 141 Å². The minimum absolute atomic E-state index is 0.570. The van der Waals surface area contributed by atoms with Crippen LogP contribution in [0.1, 0.15) is 5.56 Å². The Morgan fingerprint density at radius 2 is 1.46 bits per heavy atom. The summed E-state index contributed by atoms with van der Waals surface area (Å²) in [6.07, 6.45) is 1.82. The number of benzene rings is 2. The normalized spacial score (nSPS) is 10.5. The average Bonchev–Trinajstić information content (AvgIpc) is 3.10. The summed E-state index contributed by atoms with van der Waals surface area (Å²) in [5.41, 5.74) is 5.15. The minimum atomic E-state index is 0.570. The largest absolute Gasteiger partial charge is 0.493 e. The van der Waals surface area contributed by atoms with Crippen molar-refractivity contribution in [1.29, 1.82) is 0 Å². The first kappa shape index (κ1) is 15.9. The monoisotopic (exact) mass is 324 g/mol. The second-order valence-electron chi connectivity index (χ2n) is 5.44. The molecule has 24 heavy (non-hydrogen) atoms. The van der Waals surface area contributed by atoms with Crippen molar-refractivity contribution in [3.8, 4) is 39.6 Å². The summed E-state index contributed by atoms with van der Waals surface area (Å²) in [4.78, 5) is 0. The van der Waals surface area contributed by atoms with Crippen LogP contribution in [0.4, 0.5) is 0 Å². The molecule has 0 fully saturated rings. The quantitative estimate of drug-likeness (QED) is 0.768. The number of aryl methyl sites for hydroxylation is 1. The lowest BCUT2D eigenvalue weighted by molar-refractivity contribution is 0.324. The van der Waals surface area contributed by atoms with Crippen LogP contribution >= 0.6 is 0 Å². The number of nitrogens with zero attached hydrogens (tertiary/aromatic N) is 1. The van der Waals surface area contributed by atoms with Gasteiger partial charge in [0, 0.05) is 11.1 Å². The van der Waals surface area contributed by atoms with Crippen LogP contribution in [-0.2, 0) is 0 Å². The van der Waals surface area contributed by atoms with Crippen LogP contribution in [0.15, 0.2) is 42.6 Å². The van der Waals surface area contributed by atoms with Gasteiger partial charge in [0.05, 0.1) is 33.2 Å². The van der Waals surface area contributed by atoms with E-state index < -0.39 is 0 Å². The number of aromatic amines is 1. The second-order valence-corrected chi connectivity index (χ2v) is 5.44. The summed E-state index contributed by atoms with van der Waals surface area (Å²) in [6.45, 7) is 2.07. The van der Waals surface area contributed by atoms with Gasteiger partial charge in [-0.15, -0.1) is 0 Å². The number of methoxy groups -OCH3 is 3. The molecular weight excluding hydrogens is 304 g/mol. The number of rotatable bonds is 5. The predicted octanol–water partition coefficient (Wildman–Crippen LogP) is 4.08. The molecule has 5 heteroatoms. The van der Waals surface area contributed by atoms with Gasteiger partial charge in [-0.05, 0) is 24.6 Å². The van der Waals surface area contributed by atoms with E-state index in [0.717, 1.165) is 22.4 Å².